The lowest BCUT2D eigenvalue weighted by Gasteiger charge is -2.11. The highest BCUT2D eigenvalue weighted by Gasteiger charge is 2.13. The molecule has 1 aromatic carbocycles. The Balaban J connectivity index is 2.63. The van der Waals surface area contributed by atoms with E-state index in [1.807, 2.05) is 36.4 Å². The molecule has 0 aromatic heterocycles. The van der Waals surface area contributed by atoms with Crippen LogP contribution in [0.1, 0.15) is 24.2 Å². The first-order valence-corrected chi connectivity index (χ1v) is 7.24. The summed E-state index contributed by atoms with van der Waals surface area (Å²) in [4.78, 5) is 34.2. The lowest BCUT2D eigenvalue weighted by Crippen LogP contribution is -2.41. The predicted octanol–water partition coefficient (Wildman–Crippen LogP) is 1.64. The van der Waals surface area contributed by atoms with Crippen molar-refractivity contribution in [1.29, 1.82) is 0 Å². The molecule has 0 saturated carbocycles. The van der Waals surface area contributed by atoms with Crippen molar-refractivity contribution >= 4 is 46.2 Å². The molecule has 0 aliphatic carbocycles. The summed E-state index contributed by atoms with van der Waals surface area (Å²) in [6.07, 6.45) is 0. The maximum atomic E-state index is 11.7. The molecule has 0 aliphatic rings. The molecule has 1 rings (SSSR count). The molecule has 0 bridgehead atoms. The third-order valence-corrected chi connectivity index (χ3v) is 2.99. The monoisotopic (exact) mass is 405 g/mol. The molecule has 0 radical (unpaired) electrons. The zero-order chi connectivity index (χ0) is 16.0. The van der Waals surface area contributed by atoms with Gasteiger partial charge in [-0.1, -0.05) is 0 Å². The highest BCUT2D eigenvalue weighted by Crippen LogP contribution is 2.18. The lowest BCUT2D eigenvalue weighted by molar-refractivity contribution is -0.120. The minimum Gasteiger partial charge on any atom is -0.478 e. The van der Waals surface area contributed by atoms with Crippen LogP contribution in [0.15, 0.2) is 18.2 Å². The number of hydrogen-bond donors (Lipinski definition) is 4. The van der Waals surface area contributed by atoms with Crippen molar-refractivity contribution < 1.29 is 19.5 Å². The number of carbonyl (C=O) groups is 3. The molecule has 7 nitrogen and oxygen atoms in total. The van der Waals surface area contributed by atoms with Crippen molar-refractivity contribution in [2.75, 3.05) is 11.9 Å². The standard InChI is InChI=1S/C13H16IN3O4/c1-7(2)16-11(18)6-15-13(21)17-10-4-3-8(14)5-9(10)12(19)20/h3-5,7H,6H2,1-2H3,(H,16,18)(H,19,20)(H2,15,17,21). The van der Waals surface area contributed by atoms with Crippen LogP contribution in [0.5, 0.6) is 0 Å². The van der Waals surface area contributed by atoms with Crippen LogP contribution in [0.25, 0.3) is 0 Å². The zero-order valence-electron chi connectivity index (χ0n) is 11.6. The molecule has 0 unspecified atom stereocenters. The number of rotatable bonds is 5. The number of nitrogens with one attached hydrogen (secondary N) is 3. The SMILES string of the molecule is CC(C)NC(=O)CNC(=O)Nc1ccc(I)cc1C(=O)O. The van der Waals surface area contributed by atoms with E-state index in [0.717, 1.165) is 3.57 Å². The Morgan fingerprint density at radius 2 is 1.95 bits per heavy atom. The fourth-order valence-electron chi connectivity index (χ4n) is 1.50. The molecule has 21 heavy (non-hydrogen) atoms. The highest BCUT2D eigenvalue weighted by molar-refractivity contribution is 14.1. The Bertz CT molecular complexity index is 560. The molecule has 0 fully saturated rings. The number of carboxylic acid groups (broad SMARTS) is 1. The van der Waals surface area contributed by atoms with Gasteiger partial charge in [0.15, 0.2) is 0 Å². The van der Waals surface area contributed by atoms with E-state index in [9.17, 15) is 14.4 Å². The van der Waals surface area contributed by atoms with Crippen molar-refractivity contribution in [3.63, 3.8) is 0 Å². The number of carboxylic acids is 1. The quantitative estimate of drug-likeness (QED) is 0.559. The second-order valence-electron chi connectivity index (χ2n) is 4.52. The molecule has 0 saturated heterocycles. The fourth-order valence-corrected chi connectivity index (χ4v) is 1.99. The van der Waals surface area contributed by atoms with E-state index in [2.05, 4.69) is 16.0 Å². The Morgan fingerprint density at radius 1 is 1.29 bits per heavy atom. The number of anilines is 1. The molecular formula is C13H16IN3O4. The Kier molecular flexibility index (Phi) is 6.40. The minimum atomic E-state index is -1.14. The maximum absolute atomic E-state index is 11.7. The summed E-state index contributed by atoms with van der Waals surface area (Å²) < 4.78 is 0.743. The molecule has 0 heterocycles. The first-order chi connectivity index (χ1) is 9.79. The predicted molar refractivity (Wildman–Crippen MR) is 86.4 cm³/mol. The van der Waals surface area contributed by atoms with Crippen LogP contribution in [0, 0.1) is 3.57 Å². The molecular weight excluding hydrogens is 389 g/mol. The van der Waals surface area contributed by atoms with Gasteiger partial charge in [0.25, 0.3) is 0 Å². The Labute approximate surface area is 135 Å². The topological polar surface area (TPSA) is 108 Å². The average molecular weight is 405 g/mol. The summed E-state index contributed by atoms with van der Waals surface area (Å²) in [6.45, 7) is 3.43. The lowest BCUT2D eigenvalue weighted by atomic mass is 10.2. The van der Waals surface area contributed by atoms with Crippen molar-refractivity contribution in [2.45, 2.75) is 19.9 Å². The fraction of sp³-hybridized carbons (Fsp3) is 0.308. The summed E-state index contributed by atoms with van der Waals surface area (Å²) in [6, 6.07) is 3.96. The van der Waals surface area contributed by atoms with Gasteiger partial charge in [0.1, 0.15) is 0 Å². The van der Waals surface area contributed by atoms with Crippen molar-refractivity contribution in [3.8, 4) is 0 Å². The van der Waals surface area contributed by atoms with Gasteiger partial charge in [-0.05, 0) is 54.6 Å². The van der Waals surface area contributed by atoms with Crippen molar-refractivity contribution in [1.82, 2.24) is 10.6 Å². The summed E-state index contributed by atoms with van der Waals surface area (Å²) in [5.74, 6) is -1.46. The van der Waals surface area contributed by atoms with Gasteiger partial charge >= 0.3 is 12.0 Å². The molecule has 0 aliphatic heterocycles. The number of aromatic carboxylic acids is 1. The summed E-state index contributed by atoms with van der Waals surface area (Å²) >= 11 is 1.98. The van der Waals surface area contributed by atoms with Crippen LogP contribution >= 0.6 is 22.6 Å². The Morgan fingerprint density at radius 3 is 2.52 bits per heavy atom. The second kappa shape index (κ2) is 7.81. The first kappa shape index (κ1) is 17.2. The van der Waals surface area contributed by atoms with E-state index in [-0.39, 0.29) is 29.7 Å². The van der Waals surface area contributed by atoms with E-state index >= 15 is 0 Å². The summed E-state index contributed by atoms with van der Waals surface area (Å²) in [7, 11) is 0. The molecule has 4 N–H and O–H groups in total. The number of urea groups is 1. The van der Waals surface area contributed by atoms with Crippen LogP contribution in [-0.4, -0.2) is 35.6 Å². The van der Waals surface area contributed by atoms with Gasteiger partial charge < -0.3 is 21.1 Å². The van der Waals surface area contributed by atoms with Gasteiger partial charge in [0, 0.05) is 9.61 Å². The molecule has 0 spiro atoms. The van der Waals surface area contributed by atoms with Gasteiger partial charge in [0.2, 0.25) is 5.91 Å². The summed E-state index contributed by atoms with van der Waals surface area (Å²) in [5.41, 5.74) is 0.161. The normalized spacial score (nSPS) is 10.1. The average Bonchev–Trinajstić information content (AvgIpc) is 2.37. The highest BCUT2D eigenvalue weighted by atomic mass is 127. The third-order valence-electron chi connectivity index (χ3n) is 2.32. The van der Waals surface area contributed by atoms with Gasteiger partial charge in [-0.15, -0.1) is 0 Å². The van der Waals surface area contributed by atoms with Crippen LogP contribution < -0.4 is 16.0 Å². The maximum Gasteiger partial charge on any atom is 0.337 e. The number of hydrogen-bond acceptors (Lipinski definition) is 3. The third kappa shape index (κ3) is 5.98. The first-order valence-electron chi connectivity index (χ1n) is 6.16. The van der Waals surface area contributed by atoms with Gasteiger partial charge in [0.05, 0.1) is 17.8 Å². The van der Waals surface area contributed by atoms with Gasteiger partial charge in [-0.2, -0.15) is 0 Å². The van der Waals surface area contributed by atoms with Crippen molar-refractivity contribution in [2.24, 2.45) is 0 Å². The molecule has 3 amide bonds. The molecule has 1 aromatic rings. The van der Waals surface area contributed by atoms with E-state index in [0.29, 0.717) is 0 Å². The van der Waals surface area contributed by atoms with Crippen LogP contribution in [0.2, 0.25) is 0 Å². The molecule has 8 heteroatoms. The smallest absolute Gasteiger partial charge is 0.337 e. The molecule has 0 atom stereocenters. The van der Waals surface area contributed by atoms with Crippen LogP contribution in [0.3, 0.4) is 0 Å². The van der Waals surface area contributed by atoms with E-state index in [4.69, 9.17) is 5.11 Å². The number of carbonyl (C=O) groups excluding carboxylic acids is 2. The summed E-state index contributed by atoms with van der Waals surface area (Å²) in [5, 5.41) is 16.5. The van der Waals surface area contributed by atoms with Crippen molar-refractivity contribution in [3.05, 3.63) is 27.3 Å². The number of amides is 3. The Hall–Kier alpha value is -1.84. The minimum absolute atomic E-state index is 0.0105. The largest absolute Gasteiger partial charge is 0.478 e. The number of halogens is 1. The van der Waals surface area contributed by atoms with E-state index in [1.54, 1.807) is 6.07 Å². The van der Waals surface area contributed by atoms with E-state index < -0.39 is 12.0 Å². The van der Waals surface area contributed by atoms with Gasteiger partial charge in [-0.3, -0.25) is 4.79 Å². The molecule has 114 valence electrons. The van der Waals surface area contributed by atoms with E-state index in [1.165, 1.54) is 12.1 Å². The van der Waals surface area contributed by atoms with Gasteiger partial charge in [-0.25, -0.2) is 9.59 Å². The van der Waals surface area contributed by atoms with Crippen LogP contribution in [-0.2, 0) is 4.79 Å². The van der Waals surface area contributed by atoms with Crippen LogP contribution in [0.4, 0.5) is 10.5 Å². The zero-order valence-corrected chi connectivity index (χ0v) is 13.7. The number of benzene rings is 1. The second-order valence-corrected chi connectivity index (χ2v) is 5.77.